The molecule has 0 unspecified atom stereocenters. The number of rotatable bonds is 12. The Hall–Kier alpha value is -0.790. The van der Waals surface area contributed by atoms with Gasteiger partial charge in [0.15, 0.2) is 0 Å². The number of aliphatic carboxylic acids is 2. The maximum atomic E-state index is 10.1. The summed E-state index contributed by atoms with van der Waals surface area (Å²) in [4.78, 5) is 20.2. The molecule has 116 valence electrons. The SMILES string of the molecule is O=C([O-])CCCCCSCCCCCC(=O)[O-].[NH4+].[NH4+]. The third-order valence-corrected chi connectivity index (χ3v) is 3.49. The van der Waals surface area contributed by atoms with E-state index in [1.807, 2.05) is 11.8 Å². The van der Waals surface area contributed by atoms with Crippen LogP contribution in [0.4, 0.5) is 0 Å². The lowest BCUT2D eigenvalue weighted by Gasteiger charge is -2.04. The fourth-order valence-corrected chi connectivity index (χ4v) is 2.42. The Balaban J connectivity index is -0.00000128. The zero-order valence-corrected chi connectivity index (χ0v) is 12.9. The van der Waals surface area contributed by atoms with Gasteiger partial charge in [-0.25, -0.2) is 0 Å². The molecule has 7 heteroatoms. The first-order valence-electron chi connectivity index (χ1n) is 6.10. The molecule has 0 aromatic rings. The van der Waals surface area contributed by atoms with E-state index < -0.39 is 11.9 Å². The second-order valence-electron chi connectivity index (χ2n) is 3.98. The summed E-state index contributed by atoms with van der Waals surface area (Å²) in [5.74, 6) is 0.164. The fraction of sp³-hybridized carbons (Fsp3) is 0.833. The Morgan fingerprint density at radius 3 is 1.37 bits per heavy atom. The Kier molecular flexibility index (Phi) is 21.1. The van der Waals surface area contributed by atoms with Crippen LogP contribution < -0.4 is 22.5 Å². The third kappa shape index (κ3) is 22.8. The lowest BCUT2D eigenvalue weighted by molar-refractivity contribution is -0.307. The van der Waals surface area contributed by atoms with E-state index >= 15 is 0 Å². The molecular weight excluding hydrogens is 268 g/mol. The summed E-state index contributed by atoms with van der Waals surface area (Å²) in [5, 5.41) is 20.2. The number of hydrogen-bond acceptors (Lipinski definition) is 5. The van der Waals surface area contributed by atoms with Crippen LogP contribution in [0.15, 0.2) is 0 Å². The van der Waals surface area contributed by atoms with Gasteiger partial charge in [0.05, 0.1) is 0 Å². The predicted octanol–water partition coefficient (Wildman–Crippen LogP) is 1.09. The Bertz CT molecular complexity index is 206. The zero-order chi connectivity index (χ0) is 12.9. The van der Waals surface area contributed by atoms with Gasteiger partial charge in [-0.2, -0.15) is 11.8 Å². The molecule has 0 aromatic heterocycles. The van der Waals surface area contributed by atoms with Crippen LogP contribution in [0.1, 0.15) is 51.4 Å². The first kappa shape index (κ1) is 23.3. The molecule has 0 amide bonds. The Labute approximate surface area is 119 Å². The first-order chi connectivity index (χ1) is 8.13. The van der Waals surface area contributed by atoms with Crippen LogP contribution in [0.2, 0.25) is 0 Å². The summed E-state index contributed by atoms with van der Waals surface area (Å²) in [6.07, 6.45) is 5.68. The number of hydrogen-bond donors (Lipinski definition) is 2. The van der Waals surface area contributed by atoms with Gasteiger partial charge in [-0.05, 0) is 50.0 Å². The zero-order valence-electron chi connectivity index (χ0n) is 12.1. The summed E-state index contributed by atoms with van der Waals surface area (Å²) in [5.41, 5.74) is 0. The largest absolute Gasteiger partial charge is 0.550 e. The molecule has 0 fully saturated rings. The van der Waals surface area contributed by atoms with Crippen molar-refractivity contribution < 1.29 is 19.8 Å². The second-order valence-corrected chi connectivity index (χ2v) is 5.20. The van der Waals surface area contributed by atoms with Crippen LogP contribution >= 0.6 is 11.8 Å². The highest BCUT2D eigenvalue weighted by molar-refractivity contribution is 7.99. The fourth-order valence-electron chi connectivity index (χ4n) is 1.40. The number of thioether (sulfide) groups is 1. The third-order valence-electron chi connectivity index (χ3n) is 2.34. The van der Waals surface area contributed by atoms with Crippen molar-refractivity contribution in [3.05, 3.63) is 0 Å². The summed E-state index contributed by atoms with van der Waals surface area (Å²) >= 11 is 1.84. The van der Waals surface area contributed by atoms with Crippen molar-refractivity contribution in [2.45, 2.75) is 51.4 Å². The highest BCUT2D eigenvalue weighted by Crippen LogP contribution is 2.11. The van der Waals surface area contributed by atoms with E-state index in [2.05, 4.69) is 0 Å². The lowest BCUT2D eigenvalue weighted by atomic mass is 10.2. The van der Waals surface area contributed by atoms with Crippen molar-refractivity contribution >= 4 is 23.7 Å². The summed E-state index contributed by atoms with van der Waals surface area (Å²) in [6, 6.07) is 0. The van der Waals surface area contributed by atoms with Crippen molar-refractivity contribution in [3.8, 4) is 0 Å². The molecule has 0 saturated heterocycles. The standard InChI is InChI=1S/C12H22O4S.2H3N/c13-11(14)7-3-1-5-9-17-10-6-2-4-8-12(15)16;;/h1-10H2,(H,13,14)(H,15,16);2*1H3. The van der Waals surface area contributed by atoms with E-state index in [9.17, 15) is 19.8 Å². The topological polar surface area (TPSA) is 153 Å². The molecular formula is C12H28N2O4S. The Morgan fingerprint density at radius 2 is 1.05 bits per heavy atom. The molecule has 0 aromatic carbocycles. The maximum absolute atomic E-state index is 10.1. The number of carboxylic acids is 2. The van der Waals surface area contributed by atoms with Gasteiger partial charge in [-0.1, -0.05) is 12.8 Å². The molecule has 8 N–H and O–H groups in total. The van der Waals surface area contributed by atoms with Gasteiger partial charge in [0.1, 0.15) is 0 Å². The molecule has 0 atom stereocenters. The highest BCUT2D eigenvalue weighted by Gasteiger charge is 1.93. The minimum absolute atomic E-state index is 0. The number of carbonyl (C=O) groups excluding carboxylic acids is 2. The average molecular weight is 296 g/mol. The van der Waals surface area contributed by atoms with Crippen LogP contribution in [0, 0.1) is 0 Å². The van der Waals surface area contributed by atoms with Crippen molar-refractivity contribution in [1.29, 1.82) is 0 Å². The van der Waals surface area contributed by atoms with Crippen LogP contribution in [-0.4, -0.2) is 23.4 Å². The van der Waals surface area contributed by atoms with Gasteiger partial charge >= 0.3 is 0 Å². The van der Waals surface area contributed by atoms with Gasteiger partial charge in [0.25, 0.3) is 0 Å². The molecule has 0 aliphatic heterocycles. The highest BCUT2D eigenvalue weighted by atomic mass is 32.2. The predicted molar refractivity (Wildman–Crippen MR) is 76.2 cm³/mol. The lowest BCUT2D eigenvalue weighted by Crippen LogP contribution is -2.21. The summed E-state index contributed by atoms with van der Waals surface area (Å²) in [6.45, 7) is 0. The maximum Gasteiger partial charge on any atom is 0.0414 e. The van der Waals surface area contributed by atoms with E-state index in [1.54, 1.807) is 0 Å². The first-order valence-corrected chi connectivity index (χ1v) is 7.26. The van der Waals surface area contributed by atoms with E-state index in [0.29, 0.717) is 12.8 Å². The van der Waals surface area contributed by atoms with Crippen LogP contribution in [0.5, 0.6) is 0 Å². The number of quaternary nitrogens is 2. The van der Waals surface area contributed by atoms with Crippen LogP contribution in [0.3, 0.4) is 0 Å². The molecule has 0 aliphatic carbocycles. The van der Waals surface area contributed by atoms with Gasteiger partial charge in [-0.15, -0.1) is 0 Å². The van der Waals surface area contributed by atoms with E-state index in [-0.39, 0.29) is 25.1 Å². The molecule has 0 radical (unpaired) electrons. The minimum atomic E-state index is -0.967. The van der Waals surface area contributed by atoms with Gasteiger partial charge in [0, 0.05) is 11.9 Å². The molecule has 19 heavy (non-hydrogen) atoms. The molecule has 0 heterocycles. The quantitative estimate of drug-likeness (QED) is 0.516. The van der Waals surface area contributed by atoms with Crippen molar-refractivity contribution in [2.24, 2.45) is 0 Å². The summed E-state index contributed by atoms with van der Waals surface area (Å²) < 4.78 is 0. The molecule has 0 spiro atoms. The molecule has 0 rings (SSSR count). The van der Waals surface area contributed by atoms with E-state index in [0.717, 1.165) is 37.2 Å². The van der Waals surface area contributed by atoms with Gasteiger partial charge in [0.2, 0.25) is 0 Å². The van der Waals surface area contributed by atoms with Crippen molar-refractivity contribution in [1.82, 2.24) is 12.3 Å². The monoisotopic (exact) mass is 296 g/mol. The van der Waals surface area contributed by atoms with Crippen LogP contribution in [-0.2, 0) is 9.59 Å². The minimum Gasteiger partial charge on any atom is -0.550 e. The molecule has 6 nitrogen and oxygen atoms in total. The second kappa shape index (κ2) is 17.2. The Morgan fingerprint density at radius 1 is 0.684 bits per heavy atom. The van der Waals surface area contributed by atoms with Gasteiger partial charge < -0.3 is 32.1 Å². The number of carbonyl (C=O) groups is 2. The molecule has 0 bridgehead atoms. The van der Waals surface area contributed by atoms with E-state index in [1.165, 1.54) is 0 Å². The normalized spacial score (nSPS) is 9.26. The van der Waals surface area contributed by atoms with Crippen LogP contribution in [0.25, 0.3) is 0 Å². The smallest absolute Gasteiger partial charge is 0.0414 e. The summed E-state index contributed by atoms with van der Waals surface area (Å²) in [7, 11) is 0. The van der Waals surface area contributed by atoms with E-state index in [4.69, 9.17) is 0 Å². The number of unbranched alkanes of at least 4 members (excludes halogenated alkanes) is 4. The van der Waals surface area contributed by atoms with Gasteiger partial charge in [-0.3, -0.25) is 0 Å². The average Bonchev–Trinajstić information content (AvgIpc) is 2.25. The molecule has 0 aliphatic rings. The van der Waals surface area contributed by atoms with Crippen molar-refractivity contribution in [2.75, 3.05) is 11.5 Å². The van der Waals surface area contributed by atoms with Crippen molar-refractivity contribution in [3.63, 3.8) is 0 Å². The molecule has 0 saturated carbocycles. The number of carboxylic acid groups (broad SMARTS) is 2.